The van der Waals surface area contributed by atoms with E-state index < -0.39 is 6.23 Å². The van der Waals surface area contributed by atoms with Crippen LogP contribution in [-0.2, 0) is 4.79 Å². The maximum atomic E-state index is 13.9. The molecule has 0 spiro atoms. The van der Waals surface area contributed by atoms with Gasteiger partial charge in [0.15, 0.2) is 0 Å². The third kappa shape index (κ3) is 37.7. The molecule has 0 fully saturated rings. The molecule has 0 aliphatic carbocycles. The molecule has 2 atom stereocenters. The van der Waals surface area contributed by atoms with Gasteiger partial charge in [-0.2, -0.15) is 0 Å². The first-order valence-electron chi connectivity index (χ1n) is 23.9. The lowest BCUT2D eigenvalue weighted by atomic mass is 10.0. The Morgan fingerprint density at radius 1 is 0.462 bits per heavy atom. The van der Waals surface area contributed by atoms with Gasteiger partial charge in [0.2, 0.25) is 5.91 Å². The van der Waals surface area contributed by atoms with Crippen molar-refractivity contribution in [1.29, 1.82) is 0 Å². The molecule has 0 saturated carbocycles. The molecule has 52 heavy (non-hydrogen) atoms. The second kappa shape index (κ2) is 41.5. The Balaban J connectivity index is 4.39. The minimum absolute atomic E-state index is 0.208. The summed E-state index contributed by atoms with van der Waals surface area (Å²) in [4.78, 5) is 16.0. The number of unbranched alkanes of at least 4 members (excludes halogenated alkanes) is 31. The minimum atomic E-state index is -0.671. The Morgan fingerprint density at radius 2 is 0.769 bits per heavy atom. The number of aliphatic hydroxyl groups is 1. The number of nitrogens with zero attached hydrogens (tertiary/aromatic N) is 1. The van der Waals surface area contributed by atoms with Gasteiger partial charge < -0.3 is 15.3 Å². The number of hydrogen-bond donors (Lipinski definition) is 3. The molecule has 312 valence electrons. The van der Waals surface area contributed by atoms with Gasteiger partial charge in [0.1, 0.15) is 6.23 Å². The maximum Gasteiger partial charge on any atom is 0.239 e. The van der Waals surface area contributed by atoms with Crippen molar-refractivity contribution in [3.05, 3.63) is 0 Å². The van der Waals surface area contributed by atoms with E-state index >= 15 is 0 Å². The second-order valence-corrected chi connectivity index (χ2v) is 16.9. The summed E-state index contributed by atoms with van der Waals surface area (Å²) in [5.74, 6) is 0.208. The van der Waals surface area contributed by atoms with Crippen LogP contribution >= 0.6 is 0 Å². The van der Waals surface area contributed by atoms with Crippen molar-refractivity contribution in [3.8, 4) is 0 Å². The number of carbonyl (C=O) groups is 1. The number of amides is 1. The molecule has 0 aromatic rings. The van der Waals surface area contributed by atoms with Crippen LogP contribution in [0.15, 0.2) is 0 Å². The van der Waals surface area contributed by atoms with Gasteiger partial charge in [-0.25, -0.2) is 0 Å². The Bertz CT molecular complexity index is 664. The summed E-state index contributed by atoms with van der Waals surface area (Å²) in [5.41, 5.74) is 0. The summed E-state index contributed by atoms with van der Waals surface area (Å²) in [5, 5.41) is 16.9. The van der Waals surface area contributed by atoms with Crippen LogP contribution < -0.4 is 10.6 Å². The molecule has 0 rings (SSSR count). The average molecular weight is 736 g/mol. The second-order valence-electron chi connectivity index (χ2n) is 16.9. The van der Waals surface area contributed by atoms with Crippen molar-refractivity contribution in [1.82, 2.24) is 15.5 Å². The van der Waals surface area contributed by atoms with Gasteiger partial charge in [-0.3, -0.25) is 10.1 Å². The molecule has 0 aromatic carbocycles. The van der Waals surface area contributed by atoms with E-state index in [4.69, 9.17) is 0 Å². The number of rotatable bonds is 43. The summed E-state index contributed by atoms with van der Waals surface area (Å²) in [6, 6.07) is 0.198. The zero-order chi connectivity index (χ0) is 38.2. The Labute approximate surface area is 327 Å². The summed E-state index contributed by atoms with van der Waals surface area (Å²) in [7, 11) is 0. The van der Waals surface area contributed by atoms with E-state index in [2.05, 4.69) is 43.2 Å². The Kier molecular flexibility index (Phi) is 41.0. The van der Waals surface area contributed by atoms with Crippen molar-refractivity contribution >= 4 is 5.91 Å². The van der Waals surface area contributed by atoms with E-state index in [0.29, 0.717) is 6.04 Å². The van der Waals surface area contributed by atoms with Crippen molar-refractivity contribution in [2.24, 2.45) is 0 Å². The third-order valence-corrected chi connectivity index (χ3v) is 11.1. The van der Waals surface area contributed by atoms with Gasteiger partial charge >= 0.3 is 0 Å². The molecule has 0 saturated heterocycles. The number of hydrogen-bond acceptors (Lipinski definition) is 4. The van der Waals surface area contributed by atoms with Crippen LogP contribution in [0.1, 0.15) is 259 Å². The standard InChI is InChI=1S/C47H97N3O2/c1-6-8-10-12-14-16-18-20-22-24-26-28-30-32-34-38-42-50(47(52)46(49-45(5)51)40-36-37-41-48-44(3)4)43-39-35-33-31-29-27-25-23-21-19-17-15-13-11-9-7-2/h44-46,48-49,51H,6-43H2,1-5H3. The van der Waals surface area contributed by atoms with E-state index in [0.717, 1.165) is 51.7 Å². The van der Waals surface area contributed by atoms with Crippen LogP contribution in [0.4, 0.5) is 0 Å². The molecule has 0 aliphatic heterocycles. The molecule has 0 bridgehead atoms. The van der Waals surface area contributed by atoms with Crippen LogP contribution in [-0.4, -0.2) is 53.9 Å². The lowest BCUT2D eigenvalue weighted by Crippen LogP contribution is -2.49. The number of aliphatic hydroxyl groups excluding tert-OH is 1. The minimum Gasteiger partial charge on any atom is -0.379 e. The largest absolute Gasteiger partial charge is 0.379 e. The first-order chi connectivity index (χ1) is 25.4. The zero-order valence-electron chi connectivity index (χ0n) is 36.4. The first-order valence-corrected chi connectivity index (χ1v) is 23.9. The topological polar surface area (TPSA) is 64.6 Å². The summed E-state index contributed by atoms with van der Waals surface area (Å²) >= 11 is 0. The molecule has 0 aliphatic rings. The lowest BCUT2D eigenvalue weighted by molar-refractivity contribution is -0.134. The Morgan fingerprint density at radius 3 is 1.06 bits per heavy atom. The maximum absolute atomic E-state index is 13.9. The van der Waals surface area contributed by atoms with E-state index in [-0.39, 0.29) is 11.9 Å². The molecule has 1 amide bonds. The molecule has 5 heteroatoms. The Hall–Kier alpha value is -0.650. The van der Waals surface area contributed by atoms with Gasteiger partial charge in [0, 0.05) is 19.1 Å². The predicted octanol–water partition coefficient (Wildman–Crippen LogP) is 13.8. The summed E-state index contributed by atoms with van der Waals surface area (Å²) < 4.78 is 0. The third-order valence-electron chi connectivity index (χ3n) is 11.1. The monoisotopic (exact) mass is 736 g/mol. The van der Waals surface area contributed by atoms with Crippen molar-refractivity contribution in [2.75, 3.05) is 19.6 Å². The molecule has 0 radical (unpaired) electrons. The molecular weight excluding hydrogens is 639 g/mol. The van der Waals surface area contributed by atoms with Crippen LogP contribution in [0.2, 0.25) is 0 Å². The quantitative estimate of drug-likeness (QED) is 0.0431. The zero-order valence-corrected chi connectivity index (χ0v) is 36.4. The highest BCUT2D eigenvalue weighted by atomic mass is 16.3. The van der Waals surface area contributed by atoms with Crippen LogP contribution in [0.5, 0.6) is 0 Å². The van der Waals surface area contributed by atoms with Gasteiger partial charge in [-0.1, -0.05) is 227 Å². The van der Waals surface area contributed by atoms with Crippen LogP contribution in [0, 0.1) is 0 Å². The fraction of sp³-hybridized carbons (Fsp3) is 0.979. The van der Waals surface area contributed by atoms with E-state index in [1.807, 2.05) is 0 Å². The van der Waals surface area contributed by atoms with E-state index in [1.54, 1.807) is 6.92 Å². The highest BCUT2D eigenvalue weighted by molar-refractivity contribution is 5.81. The molecule has 2 unspecified atom stereocenters. The van der Waals surface area contributed by atoms with Gasteiger partial charge in [-0.15, -0.1) is 0 Å². The molecule has 5 nitrogen and oxygen atoms in total. The molecule has 0 aromatic heterocycles. The molecule has 3 N–H and O–H groups in total. The highest BCUT2D eigenvalue weighted by Crippen LogP contribution is 2.17. The average Bonchev–Trinajstić information content (AvgIpc) is 3.12. The van der Waals surface area contributed by atoms with Gasteiger partial charge in [0.25, 0.3) is 0 Å². The molecule has 0 heterocycles. The lowest BCUT2D eigenvalue weighted by Gasteiger charge is -2.29. The van der Waals surface area contributed by atoms with Gasteiger partial charge in [0.05, 0.1) is 6.04 Å². The van der Waals surface area contributed by atoms with Crippen LogP contribution in [0.3, 0.4) is 0 Å². The fourth-order valence-corrected chi connectivity index (χ4v) is 7.69. The highest BCUT2D eigenvalue weighted by Gasteiger charge is 2.24. The van der Waals surface area contributed by atoms with Crippen molar-refractivity contribution in [2.45, 2.75) is 278 Å². The normalized spacial score (nSPS) is 12.9. The summed E-state index contributed by atoms with van der Waals surface area (Å²) in [6.45, 7) is 13.4. The summed E-state index contributed by atoms with van der Waals surface area (Å²) in [6.07, 6.45) is 45.9. The van der Waals surface area contributed by atoms with Gasteiger partial charge in [-0.05, 0) is 39.2 Å². The van der Waals surface area contributed by atoms with Crippen LogP contribution in [0.25, 0.3) is 0 Å². The predicted molar refractivity (Wildman–Crippen MR) is 231 cm³/mol. The molecular formula is C47H97N3O2. The number of nitrogens with one attached hydrogen (secondary N) is 2. The SMILES string of the molecule is CCCCCCCCCCCCCCCCCCN(CCCCCCCCCCCCCCCCCC)C(=O)C(CCCCNC(C)C)NC(C)O. The smallest absolute Gasteiger partial charge is 0.239 e. The van der Waals surface area contributed by atoms with E-state index in [1.165, 1.54) is 193 Å². The fourth-order valence-electron chi connectivity index (χ4n) is 7.69. The number of carbonyl (C=O) groups excluding carboxylic acids is 1. The first kappa shape index (κ1) is 51.4. The van der Waals surface area contributed by atoms with Crippen molar-refractivity contribution in [3.63, 3.8) is 0 Å². The van der Waals surface area contributed by atoms with E-state index in [9.17, 15) is 9.90 Å². The van der Waals surface area contributed by atoms with Crippen molar-refractivity contribution < 1.29 is 9.90 Å².